The molecule has 19 heavy (non-hydrogen) atoms. The van der Waals surface area contributed by atoms with Crippen molar-refractivity contribution in [1.29, 1.82) is 0 Å². The van der Waals surface area contributed by atoms with E-state index in [1.165, 1.54) is 0 Å². The zero-order valence-corrected chi connectivity index (χ0v) is 13.1. The van der Waals surface area contributed by atoms with Crippen LogP contribution in [0.5, 0.6) is 0 Å². The second-order valence-corrected chi connectivity index (χ2v) is 5.63. The molecule has 2 rings (SSSR count). The van der Waals surface area contributed by atoms with Crippen molar-refractivity contribution in [1.82, 2.24) is 9.55 Å². The minimum Gasteiger partial charge on any atom is -0.335 e. The first-order valence-electron chi connectivity index (χ1n) is 5.58. The number of hydrogen-bond donors (Lipinski definition) is 2. The number of rotatable bonds is 4. The van der Waals surface area contributed by atoms with Gasteiger partial charge in [0.25, 0.3) is 5.91 Å². The van der Waals surface area contributed by atoms with Crippen LogP contribution >= 0.6 is 31.9 Å². The van der Waals surface area contributed by atoms with Crippen molar-refractivity contribution in [3.63, 3.8) is 0 Å². The fourth-order valence-corrected chi connectivity index (χ4v) is 2.67. The van der Waals surface area contributed by atoms with E-state index in [0.717, 1.165) is 8.95 Å². The topological polar surface area (TPSA) is 72.9 Å². The Bertz CT molecular complexity index is 597. The van der Waals surface area contributed by atoms with E-state index in [2.05, 4.69) is 42.2 Å². The van der Waals surface area contributed by atoms with Crippen molar-refractivity contribution < 1.29 is 4.79 Å². The van der Waals surface area contributed by atoms with Crippen molar-refractivity contribution in [2.24, 2.45) is 5.73 Å². The number of nitrogens with two attached hydrogens (primary N) is 1. The van der Waals surface area contributed by atoms with E-state index in [-0.39, 0.29) is 5.91 Å². The van der Waals surface area contributed by atoms with E-state index >= 15 is 0 Å². The van der Waals surface area contributed by atoms with Crippen LogP contribution in [0.15, 0.2) is 39.7 Å². The van der Waals surface area contributed by atoms with Gasteiger partial charge in [0.1, 0.15) is 5.69 Å². The van der Waals surface area contributed by atoms with Crippen molar-refractivity contribution in [2.75, 3.05) is 11.9 Å². The SMILES string of the molecule is NCCn1cnc(C(=O)Nc2ccc(Br)cc2Br)c1. The average Bonchev–Trinajstić information content (AvgIpc) is 2.82. The van der Waals surface area contributed by atoms with Gasteiger partial charge < -0.3 is 15.6 Å². The largest absolute Gasteiger partial charge is 0.335 e. The molecule has 0 aliphatic heterocycles. The molecule has 0 radical (unpaired) electrons. The highest BCUT2D eigenvalue weighted by Gasteiger charge is 2.11. The van der Waals surface area contributed by atoms with Crippen LogP contribution in [-0.4, -0.2) is 22.0 Å². The third-order valence-corrected chi connectivity index (χ3v) is 3.58. The highest BCUT2D eigenvalue weighted by Crippen LogP contribution is 2.26. The molecule has 0 unspecified atom stereocenters. The van der Waals surface area contributed by atoms with Crippen LogP contribution in [0.25, 0.3) is 0 Å². The Morgan fingerprint density at radius 3 is 2.89 bits per heavy atom. The van der Waals surface area contributed by atoms with Crippen LogP contribution in [0, 0.1) is 0 Å². The van der Waals surface area contributed by atoms with E-state index in [1.807, 2.05) is 18.2 Å². The molecule has 2 aromatic rings. The van der Waals surface area contributed by atoms with Gasteiger partial charge in [0, 0.05) is 28.2 Å². The summed E-state index contributed by atoms with van der Waals surface area (Å²) in [6.07, 6.45) is 3.27. The van der Waals surface area contributed by atoms with Gasteiger partial charge in [-0.05, 0) is 34.1 Å². The van der Waals surface area contributed by atoms with Gasteiger partial charge in [-0.3, -0.25) is 4.79 Å². The molecule has 100 valence electrons. The monoisotopic (exact) mass is 386 g/mol. The molecule has 3 N–H and O–H groups in total. The summed E-state index contributed by atoms with van der Waals surface area (Å²) < 4.78 is 3.52. The highest BCUT2D eigenvalue weighted by atomic mass is 79.9. The molecule has 0 saturated heterocycles. The fraction of sp³-hybridized carbons (Fsp3) is 0.167. The molecular weight excluding hydrogens is 376 g/mol. The van der Waals surface area contributed by atoms with Crippen LogP contribution in [-0.2, 0) is 6.54 Å². The molecule has 1 heterocycles. The first kappa shape index (κ1) is 14.2. The van der Waals surface area contributed by atoms with E-state index in [9.17, 15) is 4.79 Å². The number of carbonyl (C=O) groups excluding carboxylic acids is 1. The summed E-state index contributed by atoms with van der Waals surface area (Å²) in [5, 5.41) is 2.80. The Labute approximate surface area is 127 Å². The molecule has 7 heteroatoms. The summed E-state index contributed by atoms with van der Waals surface area (Å²) in [7, 11) is 0. The zero-order chi connectivity index (χ0) is 13.8. The van der Waals surface area contributed by atoms with Gasteiger partial charge in [0.15, 0.2) is 0 Å². The second-order valence-electron chi connectivity index (χ2n) is 3.86. The summed E-state index contributed by atoms with van der Waals surface area (Å²) in [4.78, 5) is 16.1. The van der Waals surface area contributed by atoms with Crippen LogP contribution in [0.4, 0.5) is 5.69 Å². The summed E-state index contributed by atoms with van der Waals surface area (Å²) in [6.45, 7) is 1.15. The van der Waals surface area contributed by atoms with E-state index in [1.54, 1.807) is 17.1 Å². The minimum atomic E-state index is -0.251. The summed E-state index contributed by atoms with van der Waals surface area (Å²) >= 11 is 6.75. The van der Waals surface area contributed by atoms with Gasteiger partial charge in [0.05, 0.1) is 12.0 Å². The molecule has 1 aromatic carbocycles. The summed E-state index contributed by atoms with van der Waals surface area (Å²) in [5.41, 5.74) is 6.50. The number of hydrogen-bond acceptors (Lipinski definition) is 3. The Balaban J connectivity index is 2.11. The standard InChI is InChI=1S/C12H12Br2N4O/c13-8-1-2-10(9(14)5-8)17-12(19)11-6-18(4-3-15)7-16-11/h1-2,5-7H,3-4,15H2,(H,17,19). The molecule has 0 bridgehead atoms. The van der Waals surface area contributed by atoms with E-state index < -0.39 is 0 Å². The number of anilines is 1. The predicted molar refractivity (Wildman–Crippen MR) is 81.1 cm³/mol. The number of halogens is 2. The molecular formula is C12H12Br2N4O. The number of nitrogens with one attached hydrogen (secondary N) is 1. The molecule has 5 nitrogen and oxygen atoms in total. The van der Waals surface area contributed by atoms with E-state index in [0.29, 0.717) is 24.5 Å². The zero-order valence-electron chi connectivity index (χ0n) is 9.94. The molecule has 0 atom stereocenters. The molecule has 1 amide bonds. The van der Waals surface area contributed by atoms with Gasteiger partial charge >= 0.3 is 0 Å². The van der Waals surface area contributed by atoms with Crippen molar-refractivity contribution >= 4 is 43.5 Å². The molecule has 0 aliphatic carbocycles. The lowest BCUT2D eigenvalue weighted by molar-refractivity contribution is 0.102. The molecule has 0 saturated carbocycles. The first-order valence-corrected chi connectivity index (χ1v) is 7.17. The van der Waals surface area contributed by atoms with Crippen LogP contribution in [0.2, 0.25) is 0 Å². The smallest absolute Gasteiger partial charge is 0.275 e. The van der Waals surface area contributed by atoms with Crippen LogP contribution < -0.4 is 11.1 Å². The maximum absolute atomic E-state index is 12.0. The Hall–Kier alpha value is -1.18. The predicted octanol–water partition coefficient (Wildman–Crippen LogP) is 2.62. The van der Waals surface area contributed by atoms with Crippen molar-refractivity contribution in [3.05, 3.63) is 45.4 Å². The number of aromatic nitrogens is 2. The lowest BCUT2D eigenvalue weighted by atomic mass is 10.3. The maximum atomic E-state index is 12.0. The van der Waals surface area contributed by atoms with Gasteiger partial charge in [0.2, 0.25) is 0 Å². The Morgan fingerprint density at radius 1 is 1.42 bits per heavy atom. The minimum absolute atomic E-state index is 0.251. The molecule has 0 fully saturated rings. The maximum Gasteiger partial charge on any atom is 0.275 e. The van der Waals surface area contributed by atoms with Crippen molar-refractivity contribution in [3.8, 4) is 0 Å². The molecule has 0 aliphatic rings. The van der Waals surface area contributed by atoms with Gasteiger partial charge in [-0.15, -0.1) is 0 Å². The number of nitrogens with zero attached hydrogens (tertiary/aromatic N) is 2. The average molecular weight is 388 g/mol. The normalized spacial score (nSPS) is 10.5. The number of benzene rings is 1. The fourth-order valence-electron chi connectivity index (χ4n) is 1.53. The Morgan fingerprint density at radius 2 is 2.21 bits per heavy atom. The third kappa shape index (κ3) is 3.65. The number of amides is 1. The number of carbonyl (C=O) groups is 1. The Kier molecular flexibility index (Phi) is 4.73. The van der Waals surface area contributed by atoms with Crippen molar-refractivity contribution in [2.45, 2.75) is 6.54 Å². The van der Waals surface area contributed by atoms with E-state index in [4.69, 9.17) is 5.73 Å². The van der Waals surface area contributed by atoms with Crippen LogP contribution in [0.3, 0.4) is 0 Å². The van der Waals surface area contributed by atoms with Gasteiger partial charge in [-0.1, -0.05) is 15.9 Å². The molecule has 0 spiro atoms. The molecule has 1 aromatic heterocycles. The lowest BCUT2D eigenvalue weighted by Gasteiger charge is -2.06. The summed E-state index contributed by atoms with van der Waals surface area (Å²) in [5.74, 6) is -0.251. The third-order valence-electron chi connectivity index (χ3n) is 2.43. The lowest BCUT2D eigenvalue weighted by Crippen LogP contribution is -2.13. The van der Waals surface area contributed by atoms with Gasteiger partial charge in [-0.2, -0.15) is 0 Å². The number of imidazole rings is 1. The second kappa shape index (κ2) is 6.31. The first-order chi connectivity index (χ1) is 9.10. The quantitative estimate of drug-likeness (QED) is 0.846. The summed E-state index contributed by atoms with van der Waals surface area (Å²) in [6, 6.07) is 5.53. The van der Waals surface area contributed by atoms with Crippen LogP contribution in [0.1, 0.15) is 10.5 Å². The van der Waals surface area contributed by atoms with Gasteiger partial charge in [-0.25, -0.2) is 4.98 Å². The highest BCUT2D eigenvalue weighted by molar-refractivity contribution is 9.11.